The lowest BCUT2D eigenvalue weighted by Gasteiger charge is -2.37. The molecule has 0 unspecified atom stereocenters. The minimum atomic E-state index is -0.218. The molecule has 7 heteroatoms. The molecular weight excluding hydrogens is 322 g/mol. The molecule has 1 saturated heterocycles. The van der Waals surface area contributed by atoms with Gasteiger partial charge in [-0.2, -0.15) is 0 Å². The third-order valence-corrected chi connectivity index (χ3v) is 5.19. The molecule has 3 rings (SSSR count). The molecule has 3 heterocycles. The number of likely N-dealkylation sites (N-methyl/N-ethyl adjacent to an activating group) is 1. The Morgan fingerprint density at radius 1 is 1.25 bits per heavy atom. The van der Waals surface area contributed by atoms with E-state index in [0.717, 1.165) is 26.2 Å². The van der Waals surface area contributed by atoms with E-state index >= 15 is 0 Å². The van der Waals surface area contributed by atoms with E-state index in [1.807, 2.05) is 12.1 Å². The van der Waals surface area contributed by atoms with Gasteiger partial charge in [0.25, 0.3) is 0 Å². The van der Waals surface area contributed by atoms with Crippen LogP contribution in [0.3, 0.4) is 0 Å². The molecule has 128 valence electrons. The van der Waals surface area contributed by atoms with Crippen LogP contribution in [0.4, 0.5) is 10.6 Å². The van der Waals surface area contributed by atoms with Gasteiger partial charge in [0.05, 0.1) is 6.04 Å². The van der Waals surface area contributed by atoms with E-state index in [0.29, 0.717) is 12.4 Å². The van der Waals surface area contributed by atoms with Crippen molar-refractivity contribution in [2.45, 2.75) is 6.04 Å². The highest BCUT2D eigenvalue weighted by molar-refractivity contribution is 7.10. The number of urea groups is 1. The average molecular weight is 345 g/mol. The zero-order valence-corrected chi connectivity index (χ0v) is 14.6. The molecule has 6 nitrogen and oxygen atoms in total. The summed E-state index contributed by atoms with van der Waals surface area (Å²) >= 11 is 1.74. The number of carbonyl (C=O) groups excluding carboxylic acids is 1. The highest BCUT2D eigenvalue weighted by Crippen LogP contribution is 2.25. The van der Waals surface area contributed by atoms with Gasteiger partial charge in [0.15, 0.2) is 0 Å². The van der Waals surface area contributed by atoms with Crippen molar-refractivity contribution in [1.82, 2.24) is 20.1 Å². The summed E-state index contributed by atoms with van der Waals surface area (Å²) in [5, 5.41) is 7.85. The van der Waals surface area contributed by atoms with E-state index in [2.05, 4.69) is 50.0 Å². The second-order valence-corrected chi connectivity index (χ2v) is 6.90. The van der Waals surface area contributed by atoms with Gasteiger partial charge < -0.3 is 10.2 Å². The van der Waals surface area contributed by atoms with Crippen molar-refractivity contribution in [2.75, 3.05) is 45.1 Å². The maximum absolute atomic E-state index is 12.1. The maximum atomic E-state index is 12.1. The Labute approximate surface area is 146 Å². The number of piperazine rings is 1. The third kappa shape index (κ3) is 4.53. The summed E-state index contributed by atoms with van der Waals surface area (Å²) in [5.74, 6) is 0.558. The van der Waals surface area contributed by atoms with Crippen molar-refractivity contribution in [3.05, 3.63) is 46.8 Å². The molecule has 0 radical (unpaired) electrons. The highest BCUT2D eigenvalue weighted by atomic mass is 32.1. The summed E-state index contributed by atoms with van der Waals surface area (Å²) < 4.78 is 0. The Kier molecular flexibility index (Phi) is 5.79. The first-order valence-electron chi connectivity index (χ1n) is 8.14. The lowest BCUT2D eigenvalue weighted by molar-refractivity contribution is 0.113. The first kappa shape index (κ1) is 16.9. The first-order chi connectivity index (χ1) is 11.7. The second-order valence-electron chi connectivity index (χ2n) is 5.92. The summed E-state index contributed by atoms with van der Waals surface area (Å²) in [6, 6.07) is 9.65. The van der Waals surface area contributed by atoms with Gasteiger partial charge in [-0.3, -0.25) is 10.2 Å². The number of hydrogen-bond donors (Lipinski definition) is 2. The lowest BCUT2D eigenvalue weighted by atomic mass is 10.1. The SMILES string of the molecule is CN1CCN([C@H](CNC(=O)Nc2ccccn2)c2cccs2)CC1. The molecule has 0 aliphatic carbocycles. The van der Waals surface area contributed by atoms with Crippen LogP contribution in [0, 0.1) is 0 Å². The molecule has 1 aliphatic rings. The summed E-state index contributed by atoms with van der Waals surface area (Å²) in [4.78, 5) is 22.3. The number of nitrogens with zero attached hydrogens (tertiary/aromatic N) is 3. The molecule has 0 saturated carbocycles. The standard InChI is InChI=1S/C17H23N5OS/c1-21-8-10-22(11-9-21)14(15-5-4-12-24-15)13-19-17(23)20-16-6-2-3-7-18-16/h2-7,12,14H,8-11,13H2,1H3,(H2,18,19,20,23)/t14-/m1/s1. The number of hydrogen-bond acceptors (Lipinski definition) is 5. The van der Waals surface area contributed by atoms with Crippen molar-refractivity contribution < 1.29 is 4.79 Å². The lowest BCUT2D eigenvalue weighted by Crippen LogP contribution is -2.48. The smallest absolute Gasteiger partial charge is 0.320 e. The molecule has 0 spiro atoms. The van der Waals surface area contributed by atoms with Crippen molar-refractivity contribution in [2.24, 2.45) is 0 Å². The molecular formula is C17H23N5OS. The van der Waals surface area contributed by atoms with Gasteiger partial charge in [-0.05, 0) is 30.6 Å². The molecule has 1 aliphatic heterocycles. The van der Waals surface area contributed by atoms with Crippen LogP contribution in [-0.4, -0.2) is 60.6 Å². The molecule has 1 fully saturated rings. The molecule has 24 heavy (non-hydrogen) atoms. The van der Waals surface area contributed by atoms with E-state index in [4.69, 9.17) is 0 Å². The fourth-order valence-electron chi connectivity index (χ4n) is 2.81. The summed E-state index contributed by atoms with van der Waals surface area (Å²) in [7, 11) is 2.15. The first-order valence-corrected chi connectivity index (χ1v) is 9.02. The Morgan fingerprint density at radius 3 is 2.75 bits per heavy atom. The second kappa shape index (κ2) is 8.23. The fraction of sp³-hybridized carbons (Fsp3) is 0.412. The number of anilines is 1. The Balaban J connectivity index is 1.59. The maximum Gasteiger partial charge on any atom is 0.320 e. The molecule has 0 bridgehead atoms. The number of rotatable bonds is 5. The summed E-state index contributed by atoms with van der Waals surface area (Å²) in [6.07, 6.45) is 1.66. The number of nitrogens with one attached hydrogen (secondary N) is 2. The van der Waals surface area contributed by atoms with Gasteiger partial charge in [-0.25, -0.2) is 9.78 Å². The summed E-state index contributed by atoms with van der Waals surface area (Å²) in [5.41, 5.74) is 0. The van der Waals surface area contributed by atoms with E-state index in [1.54, 1.807) is 23.6 Å². The predicted molar refractivity (Wildman–Crippen MR) is 97.4 cm³/mol. The largest absolute Gasteiger partial charge is 0.336 e. The Morgan fingerprint density at radius 2 is 2.08 bits per heavy atom. The van der Waals surface area contributed by atoms with Crippen LogP contribution in [0.1, 0.15) is 10.9 Å². The Bertz CT molecular complexity index is 626. The average Bonchev–Trinajstić information content (AvgIpc) is 3.12. The van der Waals surface area contributed by atoms with E-state index in [9.17, 15) is 4.79 Å². The van der Waals surface area contributed by atoms with Crippen LogP contribution in [0.2, 0.25) is 0 Å². The topological polar surface area (TPSA) is 60.5 Å². The van der Waals surface area contributed by atoms with Gasteiger partial charge in [0, 0.05) is 43.8 Å². The Hall–Kier alpha value is -1.96. The van der Waals surface area contributed by atoms with E-state index < -0.39 is 0 Å². The molecule has 2 amide bonds. The van der Waals surface area contributed by atoms with Crippen LogP contribution in [-0.2, 0) is 0 Å². The normalized spacial score (nSPS) is 17.4. The number of aromatic nitrogens is 1. The van der Waals surface area contributed by atoms with Crippen LogP contribution in [0.25, 0.3) is 0 Å². The molecule has 0 aromatic carbocycles. The monoisotopic (exact) mass is 345 g/mol. The molecule has 2 aromatic rings. The van der Waals surface area contributed by atoms with Crippen molar-refractivity contribution in [3.8, 4) is 0 Å². The number of carbonyl (C=O) groups is 1. The fourth-order valence-corrected chi connectivity index (χ4v) is 3.67. The van der Waals surface area contributed by atoms with Gasteiger partial charge in [-0.15, -0.1) is 11.3 Å². The van der Waals surface area contributed by atoms with Crippen LogP contribution in [0.15, 0.2) is 41.9 Å². The number of pyridine rings is 1. The minimum Gasteiger partial charge on any atom is -0.336 e. The van der Waals surface area contributed by atoms with Gasteiger partial charge in [0.2, 0.25) is 0 Å². The zero-order valence-electron chi connectivity index (χ0n) is 13.8. The highest BCUT2D eigenvalue weighted by Gasteiger charge is 2.25. The predicted octanol–water partition coefficient (Wildman–Crippen LogP) is 2.25. The van der Waals surface area contributed by atoms with E-state index in [-0.39, 0.29) is 12.1 Å². The minimum absolute atomic E-state index is 0.216. The van der Waals surface area contributed by atoms with Gasteiger partial charge in [0.1, 0.15) is 5.82 Å². The molecule has 2 N–H and O–H groups in total. The van der Waals surface area contributed by atoms with E-state index in [1.165, 1.54) is 4.88 Å². The number of amides is 2. The van der Waals surface area contributed by atoms with Gasteiger partial charge in [-0.1, -0.05) is 12.1 Å². The van der Waals surface area contributed by atoms with Crippen molar-refractivity contribution in [1.29, 1.82) is 0 Å². The third-order valence-electron chi connectivity index (χ3n) is 4.21. The van der Waals surface area contributed by atoms with Crippen LogP contribution >= 0.6 is 11.3 Å². The van der Waals surface area contributed by atoms with Crippen molar-refractivity contribution >= 4 is 23.2 Å². The quantitative estimate of drug-likeness (QED) is 0.873. The van der Waals surface area contributed by atoms with Crippen LogP contribution < -0.4 is 10.6 Å². The molecule has 2 aromatic heterocycles. The van der Waals surface area contributed by atoms with Crippen molar-refractivity contribution in [3.63, 3.8) is 0 Å². The zero-order chi connectivity index (χ0) is 16.8. The molecule has 1 atom stereocenters. The number of thiophene rings is 1. The van der Waals surface area contributed by atoms with Crippen LogP contribution in [0.5, 0.6) is 0 Å². The van der Waals surface area contributed by atoms with Gasteiger partial charge >= 0.3 is 6.03 Å². The summed E-state index contributed by atoms with van der Waals surface area (Å²) in [6.45, 7) is 4.73.